The molecule has 1 fully saturated rings. The number of nitrogens with zero attached hydrogens (tertiary/aromatic N) is 2. The summed E-state index contributed by atoms with van der Waals surface area (Å²) in [5.74, 6) is 6.19. The normalized spacial score (nSPS) is 17.3. The first-order chi connectivity index (χ1) is 9.28. The summed E-state index contributed by atoms with van der Waals surface area (Å²) in [6.07, 6.45) is 8.18. The number of guanidine groups is 1. The van der Waals surface area contributed by atoms with E-state index < -0.39 is 0 Å². The number of hydrogen-bond acceptors (Lipinski definition) is 3. The molecule has 0 radical (unpaired) electrons. The van der Waals surface area contributed by atoms with Crippen LogP contribution < -0.4 is 16.6 Å². The van der Waals surface area contributed by atoms with Crippen LogP contribution in [0.5, 0.6) is 0 Å². The molecule has 104 valence electrons. The third kappa shape index (κ3) is 4.52. The SMILES string of the molecule is Cc1ccc(CN=C(NN)NC2CCCCC2)cn1. The Bertz CT molecular complexity index is 406. The smallest absolute Gasteiger partial charge is 0.206 e. The molecule has 19 heavy (non-hydrogen) atoms. The molecule has 5 nitrogen and oxygen atoms in total. The molecule has 1 saturated carbocycles. The largest absolute Gasteiger partial charge is 0.353 e. The Hall–Kier alpha value is -1.62. The zero-order valence-electron chi connectivity index (χ0n) is 11.5. The molecule has 0 bridgehead atoms. The Morgan fingerprint density at radius 2 is 2.16 bits per heavy atom. The first kappa shape index (κ1) is 13.8. The van der Waals surface area contributed by atoms with Gasteiger partial charge in [-0.2, -0.15) is 0 Å². The minimum atomic E-state index is 0.500. The summed E-state index contributed by atoms with van der Waals surface area (Å²) in [4.78, 5) is 8.72. The number of aryl methyl sites for hydroxylation is 1. The average Bonchev–Trinajstić information content (AvgIpc) is 2.46. The minimum Gasteiger partial charge on any atom is -0.353 e. The molecule has 1 aliphatic carbocycles. The molecule has 0 atom stereocenters. The summed E-state index contributed by atoms with van der Waals surface area (Å²) in [6.45, 7) is 2.57. The number of nitrogens with two attached hydrogens (primary N) is 1. The van der Waals surface area contributed by atoms with Crippen LogP contribution in [0.15, 0.2) is 23.3 Å². The zero-order valence-corrected chi connectivity index (χ0v) is 11.5. The highest BCUT2D eigenvalue weighted by Gasteiger charge is 2.13. The van der Waals surface area contributed by atoms with Gasteiger partial charge in [0, 0.05) is 17.9 Å². The molecule has 0 aliphatic heterocycles. The van der Waals surface area contributed by atoms with Crippen molar-refractivity contribution >= 4 is 5.96 Å². The molecule has 1 heterocycles. The van der Waals surface area contributed by atoms with Gasteiger partial charge in [-0.3, -0.25) is 10.4 Å². The maximum atomic E-state index is 5.52. The van der Waals surface area contributed by atoms with Gasteiger partial charge in [0.25, 0.3) is 0 Å². The van der Waals surface area contributed by atoms with Crippen molar-refractivity contribution in [3.05, 3.63) is 29.6 Å². The molecule has 4 N–H and O–H groups in total. The molecule has 1 aromatic rings. The summed E-state index contributed by atoms with van der Waals surface area (Å²) in [7, 11) is 0. The van der Waals surface area contributed by atoms with E-state index in [4.69, 9.17) is 5.84 Å². The highest BCUT2D eigenvalue weighted by Crippen LogP contribution is 2.17. The van der Waals surface area contributed by atoms with Gasteiger partial charge in [-0.05, 0) is 31.4 Å². The van der Waals surface area contributed by atoms with Crippen LogP contribution in [0, 0.1) is 6.92 Å². The lowest BCUT2D eigenvalue weighted by atomic mass is 9.96. The number of pyridine rings is 1. The van der Waals surface area contributed by atoms with Crippen LogP contribution in [-0.2, 0) is 6.54 Å². The van der Waals surface area contributed by atoms with Crippen molar-refractivity contribution in [2.75, 3.05) is 0 Å². The first-order valence-corrected chi connectivity index (χ1v) is 6.97. The van der Waals surface area contributed by atoms with Gasteiger partial charge in [-0.15, -0.1) is 0 Å². The monoisotopic (exact) mass is 261 g/mol. The second-order valence-corrected chi connectivity index (χ2v) is 5.10. The van der Waals surface area contributed by atoms with Crippen LogP contribution in [-0.4, -0.2) is 17.0 Å². The lowest BCUT2D eigenvalue weighted by Gasteiger charge is -2.24. The molecule has 1 aliphatic rings. The van der Waals surface area contributed by atoms with E-state index in [2.05, 4.69) is 20.7 Å². The topological polar surface area (TPSA) is 75.3 Å². The third-order valence-electron chi connectivity index (χ3n) is 3.48. The van der Waals surface area contributed by atoms with Crippen LogP contribution in [0.2, 0.25) is 0 Å². The molecule has 2 rings (SSSR count). The van der Waals surface area contributed by atoms with Gasteiger partial charge >= 0.3 is 0 Å². The summed E-state index contributed by atoms with van der Waals surface area (Å²) in [5.41, 5.74) is 4.76. The number of aliphatic imine (C=N–C) groups is 1. The van der Waals surface area contributed by atoms with Crippen LogP contribution in [0.3, 0.4) is 0 Å². The Balaban J connectivity index is 1.88. The van der Waals surface area contributed by atoms with Crippen molar-refractivity contribution in [1.29, 1.82) is 0 Å². The van der Waals surface area contributed by atoms with Gasteiger partial charge in [0.1, 0.15) is 0 Å². The summed E-state index contributed by atoms with van der Waals surface area (Å²) >= 11 is 0. The lowest BCUT2D eigenvalue weighted by Crippen LogP contribution is -2.47. The highest BCUT2D eigenvalue weighted by atomic mass is 15.3. The van der Waals surface area contributed by atoms with E-state index in [1.165, 1.54) is 32.1 Å². The Kier molecular flexibility index (Phi) is 5.15. The number of aromatic nitrogens is 1. The Morgan fingerprint density at radius 1 is 1.37 bits per heavy atom. The third-order valence-corrected chi connectivity index (χ3v) is 3.48. The van der Waals surface area contributed by atoms with Gasteiger partial charge in [0.05, 0.1) is 6.54 Å². The van der Waals surface area contributed by atoms with E-state index >= 15 is 0 Å². The van der Waals surface area contributed by atoms with Gasteiger partial charge in [-0.25, -0.2) is 10.8 Å². The average molecular weight is 261 g/mol. The second-order valence-electron chi connectivity index (χ2n) is 5.10. The number of hydrogen-bond donors (Lipinski definition) is 3. The van der Waals surface area contributed by atoms with Gasteiger partial charge in [0.15, 0.2) is 0 Å². The van der Waals surface area contributed by atoms with Gasteiger partial charge < -0.3 is 5.32 Å². The molecule has 1 aromatic heterocycles. The highest BCUT2D eigenvalue weighted by molar-refractivity contribution is 5.79. The fourth-order valence-corrected chi connectivity index (χ4v) is 2.34. The van der Waals surface area contributed by atoms with Crippen molar-refractivity contribution in [3.63, 3.8) is 0 Å². The molecule has 0 saturated heterocycles. The molecule has 0 amide bonds. The maximum Gasteiger partial charge on any atom is 0.206 e. The van der Waals surface area contributed by atoms with E-state index in [9.17, 15) is 0 Å². The predicted molar refractivity (Wildman–Crippen MR) is 77.4 cm³/mol. The van der Waals surface area contributed by atoms with E-state index in [1.807, 2.05) is 25.3 Å². The van der Waals surface area contributed by atoms with E-state index in [1.54, 1.807) is 0 Å². The lowest BCUT2D eigenvalue weighted by molar-refractivity contribution is 0.410. The second kappa shape index (κ2) is 7.09. The standard InChI is InChI=1S/C14H23N5/c1-11-7-8-12(9-16-11)10-17-14(19-15)18-13-5-3-2-4-6-13/h7-9,13H,2-6,10,15H2,1H3,(H2,17,18,19). The fourth-order valence-electron chi connectivity index (χ4n) is 2.34. The quantitative estimate of drug-likeness (QED) is 0.334. The summed E-state index contributed by atoms with van der Waals surface area (Å²) in [5, 5.41) is 3.38. The van der Waals surface area contributed by atoms with E-state index in [0.717, 1.165) is 11.3 Å². The van der Waals surface area contributed by atoms with Crippen LogP contribution in [0.25, 0.3) is 0 Å². The van der Waals surface area contributed by atoms with E-state index in [0.29, 0.717) is 18.5 Å². The fraction of sp³-hybridized carbons (Fsp3) is 0.571. The number of nitrogens with one attached hydrogen (secondary N) is 2. The molecular formula is C14H23N5. The van der Waals surface area contributed by atoms with Crippen molar-refractivity contribution in [3.8, 4) is 0 Å². The molecule has 0 aromatic carbocycles. The predicted octanol–water partition coefficient (Wildman–Crippen LogP) is 1.63. The Labute approximate surface area is 114 Å². The van der Waals surface area contributed by atoms with Gasteiger partial charge in [-0.1, -0.05) is 25.3 Å². The Morgan fingerprint density at radius 3 is 2.79 bits per heavy atom. The summed E-state index contributed by atoms with van der Waals surface area (Å²) in [6, 6.07) is 4.54. The van der Waals surface area contributed by atoms with E-state index in [-0.39, 0.29) is 0 Å². The first-order valence-electron chi connectivity index (χ1n) is 6.97. The molecular weight excluding hydrogens is 238 g/mol. The van der Waals surface area contributed by atoms with Crippen molar-refractivity contribution < 1.29 is 0 Å². The number of hydrazine groups is 1. The molecule has 0 spiro atoms. The summed E-state index contributed by atoms with van der Waals surface area (Å²) < 4.78 is 0. The van der Waals surface area contributed by atoms with Crippen LogP contribution in [0.1, 0.15) is 43.4 Å². The van der Waals surface area contributed by atoms with Crippen molar-refractivity contribution in [2.24, 2.45) is 10.8 Å². The van der Waals surface area contributed by atoms with Crippen LogP contribution in [0.4, 0.5) is 0 Å². The number of rotatable bonds is 3. The van der Waals surface area contributed by atoms with Gasteiger partial charge in [0.2, 0.25) is 5.96 Å². The van der Waals surface area contributed by atoms with Crippen LogP contribution >= 0.6 is 0 Å². The maximum absolute atomic E-state index is 5.52. The minimum absolute atomic E-state index is 0.500. The van der Waals surface area contributed by atoms with Crippen molar-refractivity contribution in [2.45, 2.75) is 51.6 Å². The molecule has 0 unspecified atom stereocenters. The molecule has 5 heteroatoms. The zero-order chi connectivity index (χ0) is 13.5. The van der Waals surface area contributed by atoms with Crippen molar-refractivity contribution in [1.82, 2.24) is 15.7 Å².